The summed E-state index contributed by atoms with van der Waals surface area (Å²) in [5, 5.41) is 11.5. The molecule has 0 unspecified atom stereocenters. The van der Waals surface area contributed by atoms with Gasteiger partial charge >= 0.3 is 11.9 Å². The zero-order chi connectivity index (χ0) is 26.1. The number of esters is 1. The van der Waals surface area contributed by atoms with E-state index in [1.54, 1.807) is 18.2 Å². The Labute approximate surface area is 211 Å². The van der Waals surface area contributed by atoms with Crippen molar-refractivity contribution in [2.45, 2.75) is 13.8 Å². The monoisotopic (exact) mass is 503 g/mol. The Morgan fingerprint density at radius 2 is 1.69 bits per heavy atom. The second kappa shape index (κ2) is 9.59. The number of carbonyl (C=O) groups excluding carboxylic acids is 3. The molecule has 1 aliphatic rings. The number of hydrogen-bond acceptors (Lipinski definition) is 6. The van der Waals surface area contributed by atoms with Crippen LogP contribution < -0.4 is 10.2 Å². The maximum atomic E-state index is 13.3. The van der Waals surface area contributed by atoms with Gasteiger partial charge in [0.1, 0.15) is 5.57 Å². The Balaban J connectivity index is 1.73. The quantitative estimate of drug-likeness (QED) is 0.237. The molecule has 1 saturated heterocycles. The summed E-state index contributed by atoms with van der Waals surface area (Å²) in [5.41, 5.74) is 3.55. The van der Waals surface area contributed by atoms with Crippen molar-refractivity contribution in [3.05, 3.63) is 88.2 Å². The number of amides is 2. The largest absolute Gasteiger partial charge is 0.478 e. The van der Waals surface area contributed by atoms with Crippen molar-refractivity contribution in [1.82, 2.24) is 9.88 Å². The lowest BCUT2D eigenvalue weighted by Crippen LogP contribution is -2.54. The Hall–Kier alpha value is -4.57. The van der Waals surface area contributed by atoms with Gasteiger partial charge in [-0.25, -0.2) is 9.59 Å². The summed E-state index contributed by atoms with van der Waals surface area (Å²) in [5.74, 6) is -2.83. The third-order valence-electron chi connectivity index (χ3n) is 5.77. The van der Waals surface area contributed by atoms with Gasteiger partial charge in [0.2, 0.25) is 0 Å². The summed E-state index contributed by atoms with van der Waals surface area (Å²) in [6.07, 6.45) is 1.49. The first-order valence-corrected chi connectivity index (χ1v) is 11.2. The normalized spacial score (nSPS) is 14.7. The Kier molecular flexibility index (Phi) is 6.54. The molecule has 182 valence electrons. The molecule has 0 radical (unpaired) electrons. The highest BCUT2D eigenvalue weighted by Crippen LogP contribution is 2.27. The Bertz CT molecular complexity index is 1470. The summed E-state index contributed by atoms with van der Waals surface area (Å²) in [6.45, 7) is 3.70. The number of aryl methyl sites for hydroxylation is 1. The standard InChI is InChI=1S/C26H21N3O6S/c1-14-11-18(15(2)28(14)20-6-4-5-17(12-20)25(34)35-3)13-21-22(30)27-26(36)29(23(21)31)19-9-7-16(8-10-19)24(32)33/h4-13H,1-3H3,(H,32,33)(H,27,30,36)/b21-13+. The topological polar surface area (TPSA) is 118 Å². The summed E-state index contributed by atoms with van der Waals surface area (Å²) >= 11 is 5.21. The zero-order valence-corrected chi connectivity index (χ0v) is 20.4. The molecule has 1 aliphatic heterocycles. The minimum Gasteiger partial charge on any atom is -0.478 e. The highest BCUT2D eigenvalue weighted by Gasteiger charge is 2.34. The number of aromatic nitrogens is 1. The molecule has 0 bridgehead atoms. The molecular formula is C26H21N3O6S. The minimum absolute atomic E-state index is 0.0534. The molecule has 2 heterocycles. The smallest absolute Gasteiger partial charge is 0.337 e. The first kappa shape index (κ1) is 24.6. The van der Waals surface area contributed by atoms with Gasteiger partial charge in [0.05, 0.1) is 23.9 Å². The number of anilines is 1. The van der Waals surface area contributed by atoms with E-state index in [0.717, 1.165) is 22.0 Å². The fourth-order valence-corrected chi connectivity index (χ4v) is 4.30. The second-order valence-corrected chi connectivity index (χ2v) is 8.40. The third kappa shape index (κ3) is 4.41. The molecule has 10 heteroatoms. The van der Waals surface area contributed by atoms with Gasteiger partial charge in [0.15, 0.2) is 5.11 Å². The van der Waals surface area contributed by atoms with Gasteiger partial charge in [-0.15, -0.1) is 0 Å². The molecule has 2 N–H and O–H groups in total. The number of aromatic carboxylic acids is 1. The zero-order valence-electron chi connectivity index (χ0n) is 19.6. The van der Waals surface area contributed by atoms with E-state index in [4.69, 9.17) is 22.1 Å². The Morgan fingerprint density at radius 1 is 1.00 bits per heavy atom. The molecule has 0 aliphatic carbocycles. The van der Waals surface area contributed by atoms with E-state index in [1.165, 1.54) is 37.5 Å². The number of benzene rings is 2. The summed E-state index contributed by atoms with van der Waals surface area (Å²) in [4.78, 5) is 50.3. The lowest BCUT2D eigenvalue weighted by molar-refractivity contribution is -0.122. The first-order chi connectivity index (χ1) is 17.1. The summed E-state index contributed by atoms with van der Waals surface area (Å²) in [7, 11) is 1.31. The molecule has 2 amide bonds. The Morgan fingerprint density at radius 3 is 2.33 bits per heavy atom. The van der Waals surface area contributed by atoms with E-state index in [0.29, 0.717) is 16.8 Å². The number of carboxylic acid groups (broad SMARTS) is 1. The number of carbonyl (C=O) groups is 4. The van der Waals surface area contributed by atoms with Crippen molar-refractivity contribution >= 4 is 52.8 Å². The molecular weight excluding hydrogens is 482 g/mol. The molecule has 9 nitrogen and oxygen atoms in total. The molecule has 2 aromatic carbocycles. The molecule has 0 saturated carbocycles. The van der Waals surface area contributed by atoms with Crippen LogP contribution in [-0.2, 0) is 14.3 Å². The first-order valence-electron chi connectivity index (χ1n) is 10.7. The fraction of sp³-hybridized carbons (Fsp3) is 0.115. The highest BCUT2D eigenvalue weighted by molar-refractivity contribution is 7.80. The molecule has 1 fully saturated rings. The third-order valence-corrected chi connectivity index (χ3v) is 6.05. The SMILES string of the molecule is COC(=O)c1cccc(-n2c(C)cc(/C=C3\C(=O)NC(=S)N(c4ccc(C(=O)O)cc4)C3=O)c2C)c1. The second-order valence-electron chi connectivity index (χ2n) is 8.01. The van der Waals surface area contributed by atoms with Gasteiger partial charge in [-0.1, -0.05) is 6.07 Å². The predicted octanol–water partition coefficient (Wildman–Crippen LogP) is 3.41. The van der Waals surface area contributed by atoms with E-state index < -0.39 is 23.8 Å². The van der Waals surface area contributed by atoms with Gasteiger partial charge in [0, 0.05) is 17.1 Å². The van der Waals surface area contributed by atoms with Crippen LogP contribution in [0.15, 0.2) is 60.2 Å². The number of rotatable bonds is 5. The van der Waals surface area contributed by atoms with Crippen LogP contribution >= 0.6 is 12.2 Å². The number of nitrogens with zero attached hydrogens (tertiary/aromatic N) is 2. The number of carboxylic acids is 1. The van der Waals surface area contributed by atoms with Crippen LogP contribution in [0, 0.1) is 13.8 Å². The van der Waals surface area contributed by atoms with Gasteiger partial charge < -0.3 is 14.4 Å². The van der Waals surface area contributed by atoms with Crippen molar-refractivity contribution in [2.75, 3.05) is 12.0 Å². The van der Waals surface area contributed by atoms with Crippen molar-refractivity contribution < 1.29 is 29.0 Å². The predicted molar refractivity (Wildman–Crippen MR) is 136 cm³/mol. The van der Waals surface area contributed by atoms with Crippen LogP contribution in [0.1, 0.15) is 37.7 Å². The van der Waals surface area contributed by atoms with Crippen LogP contribution in [-0.4, -0.2) is 45.6 Å². The van der Waals surface area contributed by atoms with Gasteiger partial charge in [0.25, 0.3) is 11.8 Å². The average molecular weight is 504 g/mol. The van der Waals surface area contributed by atoms with E-state index in [1.807, 2.05) is 30.5 Å². The lowest BCUT2D eigenvalue weighted by Gasteiger charge is -2.29. The maximum absolute atomic E-state index is 13.3. The van der Waals surface area contributed by atoms with E-state index in [9.17, 15) is 19.2 Å². The molecule has 4 rings (SSSR count). The lowest BCUT2D eigenvalue weighted by atomic mass is 10.1. The van der Waals surface area contributed by atoms with Crippen LogP contribution in [0.25, 0.3) is 11.8 Å². The molecule has 1 aromatic heterocycles. The summed E-state index contributed by atoms with van der Waals surface area (Å²) < 4.78 is 6.71. The number of nitrogens with one attached hydrogen (secondary N) is 1. The average Bonchev–Trinajstić information content (AvgIpc) is 3.13. The molecule has 36 heavy (non-hydrogen) atoms. The van der Waals surface area contributed by atoms with Gasteiger partial charge in [-0.2, -0.15) is 0 Å². The van der Waals surface area contributed by atoms with E-state index >= 15 is 0 Å². The van der Waals surface area contributed by atoms with Crippen LogP contribution in [0.5, 0.6) is 0 Å². The van der Waals surface area contributed by atoms with Gasteiger partial charge in [-0.3, -0.25) is 19.8 Å². The van der Waals surface area contributed by atoms with Crippen molar-refractivity contribution in [3.63, 3.8) is 0 Å². The van der Waals surface area contributed by atoms with Crippen molar-refractivity contribution in [2.24, 2.45) is 0 Å². The fourth-order valence-electron chi connectivity index (χ4n) is 4.02. The number of ether oxygens (including phenoxy) is 1. The van der Waals surface area contributed by atoms with Crippen molar-refractivity contribution in [1.29, 1.82) is 0 Å². The summed E-state index contributed by atoms with van der Waals surface area (Å²) in [6, 6.07) is 14.3. The van der Waals surface area contributed by atoms with Gasteiger partial charge in [-0.05, 0) is 86.2 Å². The van der Waals surface area contributed by atoms with Crippen LogP contribution in [0.2, 0.25) is 0 Å². The van der Waals surface area contributed by atoms with E-state index in [-0.39, 0.29) is 16.2 Å². The highest BCUT2D eigenvalue weighted by atomic mass is 32.1. The number of methoxy groups -OCH3 is 1. The minimum atomic E-state index is -1.10. The van der Waals surface area contributed by atoms with Crippen LogP contribution in [0.3, 0.4) is 0 Å². The van der Waals surface area contributed by atoms with Crippen molar-refractivity contribution in [3.8, 4) is 5.69 Å². The molecule has 3 aromatic rings. The van der Waals surface area contributed by atoms with Crippen LogP contribution in [0.4, 0.5) is 5.69 Å². The molecule has 0 spiro atoms. The number of thiocarbonyl (C=S) groups is 1. The molecule has 0 atom stereocenters. The van der Waals surface area contributed by atoms with E-state index in [2.05, 4.69) is 5.32 Å². The number of hydrogen-bond donors (Lipinski definition) is 2. The maximum Gasteiger partial charge on any atom is 0.337 e.